The van der Waals surface area contributed by atoms with Crippen molar-refractivity contribution in [2.45, 2.75) is 11.8 Å². The second-order valence-electron chi connectivity index (χ2n) is 2.74. The van der Waals surface area contributed by atoms with Crippen LogP contribution >= 0.6 is 39.1 Å². The first-order chi connectivity index (χ1) is 6.54. The van der Waals surface area contributed by atoms with E-state index < -0.39 is 5.97 Å². The molecule has 0 aliphatic carbocycles. The van der Waals surface area contributed by atoms with Crippen molar-refractivity contribution in [2.24, 2.45) is 0 Å². The predicted octanol–water partition coefficient (Wildman–Crippen LogP) is 3.52. The number of benzene rings is 1. The Morgan fingerprint density at radius 3 is 2.21 bits per heavy atom. The molecular weight excluding hydrogens is 291 g/mol. The molecule has 0 saturated carbocycles. The lowest BCUT2D eigenvalue weighted by Gasteiger charge is -2.06. The van der Waals surface area contributed by atoms with Gasteiger partial charge in [-0.1, -0.05) is 39.1 Å². The molecule has 0 aromatic heterocycles. The lowest BCUT2D eigenvalue weighted by atomic mass is 10.1. The van der Waals surface area contributed by atoms with Crippen LogP contribution in [0.1, 0.15) is 11.1 Å². The summed E-state index contributed by atoms with van der Waals surface area (Å²) in [6, 6.07) is 3.42. The van der Waals surface area contributed by atoms with Gasteiger partial charge in [0.05, 0.1) is 6.42 Å². The fourth-order valence-electron chi connectivity index (χ4n) is 1.05. The highest BCUT2D eigenvalue weighted by Gasteiger charge is 2.11. The summed E-state index contributed by atoms with van der Waals surface area (Å²) in [4.78, 5) is 10.5. The molecule has 0 unspecified atom stereocenters. The quantitative estimate of drug-likeness (QED) is 0.867. The van der Waals surface area contributed by atoms with E-state index in [4.69, 9.17) is 28.3 Å². The van der Waals surface area contributed by atoms with Crippen LogP contribution in [0.15, 0.2) is 12.1 Å². The molecule has 14 heavy (non-hydrogen) atoms. The van der Waals surface area contributed by atoms with Gasteiger partial charge in [-0.05, 0) is 17.7 Å². The second kappa shape index (κ2) is 5.01. The maximum absolute atomic E-state index is 10.5. The van der Waals surface area contributed by atoms with Crippen LogP contribution < -0.4 is 0 Å². The predicted molar refractivity (Wildman–Crippen MR) is 60.4 cm³/mol. The first-order valence-electron chi connectivity index (χ1n) is 3.79. The average Bonchev–Trinajstić information content (AvgIpc) is 2.10. The van der Waals surface area contributed by atoms with E-state index in [9.17, 15) is 4.79 Å². The molecule has 0 bridgehead atoms. The van der Waals surface area contributed by atoms with E-state index in [2.05, 4.69) is 15.9 Å². The minimum atomic E-state index is -0.944. The summed E-state index contributed by atoms with van der Waals surface area (Å²) in [6.45, 7) is 0. The third-order valence-electron chi connectivity index (χ3n) is 1.68. The summed E-state index contributed by atoms with van der Waals surface area (Å²) in [7, 11) is 0. The second-order valence-corrected chi connectivity index (χ2v) is 4.12. The molecule has 5 heteroatoms. The molecule has 0 saturated heterocycles. The van der Waals surface area contributed by atoms with Gasteiger partial charge in [0.1, 0.15) is 0 Å². The molecule has 0 amide bonds. The number of rotatable bonds is 3. The van der Waals surface area contributed by atoms with E-state index in [1.807, 2.05) is 0 Å². The number of alkyl halides is 1. The van der Waals surface area contributed by atoms with Gasteiger partial charge < -0.3 is 5.11 Å². The Morgan fingerprint density at radius 2 is 1.86 bits per heavy atom. The lowest BCUT2D eigenvalue weighted by Crippen LogP contribution is -2.02. The Bertz CT molecular complexity index is 343. The summed E-state index contributed by atoms with van der Waals surface area (Å²) >= 11 is 15.0. The van der Waals surface area contributed by atoms with Crippen molar-refractivity contribution in [3.8, 4) is 0 Å². The Labute approximate surface area is 100.0 Å². The van der Waals surface area contributed by atoms with Crippen LogP contribution in [0.3, 0.4) is 0 Å². The van der Waals surface area contributed by atoms with Crippen molar-refractivity contribution in [2.75, 3.05) is 0 Å². The zero-order valence-electron chi connectivity index (χ0n) is 7.06. The minimum absolute atomic E-state index is 0.153. The SMILES string of the molecule is O=C(O)Cc1c(Cl)cc(CBr)cc1Cl. The molecule has 0 radical (unpaired) electrons. The molecule has 0 aliphatic heterocycles. The molecule has 0 heterocycles. The normalized spacial score (nSPS) is 10.2. The number of hydrogen-bond acceptors (Lipinski definition) is 1. The average molecular weight is 298 g/mol. The molecule has 0 aliphatic rings. The largest absolute Gasteiger partial charge is 0.481 e. The molecule has 1 aromatic rings. The summed E-state index contributed by atoms with van der Waals surface area (Å²) in [5.41, 5.74) is 1.39. The molecule has 0 atom stereocenters. The topological polar surface area (TPSA) is 37.3 Å². The zero-order chi connectivity index (χ0) is 10.7. The highest BCUT2D eigenvalue weighted by molar-refractivity contribution is 9.08. The maximum Gasteiger partial charge on any atom is 0.307 e. The van der Waals surface area contributed by atoms with Gasteiger partial charge >= 0.3 is 5.97 Å². The fraction of sp³-hybridized carbons (Fsp3) is 0.222. The number of carboxylic acid groups (broad SMARTS) is 1. The molecule has 2 nitrogen and oxygen atoms in total. The highest BCUT2D eigenvalue weighted by Crippen LogP contribution is 2.28. The van der Waals surface area contributed by atoms with Gasteiger partial charge in [-0.3, -0.25) is 4.79 Å². The molecule has 1 aromatic carbocycles. The van der Waals surface area contributed by atoms with E-state index in [0.29, 0.717) is 20.9 Å². The number of halogens is 3. The van der Waals surface area contributed by atoms with Crippen LogP contribution in [0.25, 0.3) is 0 Å². The molecule has 1 N–H and O–H groups in total. The highest BCUT2D eigenvalue weighted by atomic mass is 79.9. The molecular formula is C9H7BrCl2O2. The number of carbonyl (C=O) groups is 1. The van der Waals surface area contributed by atoms with Gasteiger partial charge in [0, 0.05) is 20.9 Å². The summed E-state index contributed by atoms with van der Waals surface area (Å²) in [5, 5.41) is 10.0. The van der Waals surface area contributed by atoms with E-state index >= 15 is 0 Å². The first-order valence-corrected chi connectivity index (χ1v) is 5.67. The molecule has 0 fully saturated rings. The van der Waals surface area contributed by atoms with Gasteiger partial charge in [0.25, 0.3) is 0 Å². The standard InChI is InChI=1S/C9H7BrCl2O2/c10-4-5-1-7(11)6(3-9(13)14)8(12)2-5/h1-2H,3-4H2,(H,13,14). The smallest absolute Gasteiger partial charge is 0.307 e. The van der Waals surface area contributed by atoms with E-state index in [1.165, 1.54) is 0 Å². The molecule has 76 valence electrons. The Morgan fingerprint density at radius 1 is 1.36 bits per heavy atom. The van der Waals surface area contributed by atoms with E-state index in [-0.39, 0.29) is 6.42 Å². The van der Waals surface area contributed by atoms with Gasteiger partial charge in [0.2, 0.25) is 0 Å². The van der Waals surface area contributed by atoms with Gasteiger partial charge in [-0.2, -0.15) is 0 Å². The first kappa shape index (κ1) is 11.8. The van der Waals surface area contributed by atoms with Crippen LogP contribution in [0.2, 0.25) is 10.0 Å². The molecule has 1 rings (SSSR count). The zero-order valence-corrected chi connectivity index (χ0v) is 10.2. The number of aliphatic carboxylic acids is 1. The minimum Gasteiger partial charge on any atom is -0.481 e. The van der Waals surface area contributed by atoms with Crippen LogP contribution in [-0.2, 0) is 16.5 Å². The monoisotopic (exact) mass is 296 g/mol. The number of hydrogen-bond donors (Lipinski definition) is 1. The van der Waals surface area contributed by atoms with E-state index in [1.54, 1.807) is 12.1 Å². The van der Waals surface area contributed by atoms with Crippen molar-refractivity contribution in [1.82, 2.24) is 0 Å². The van der Waals surface area contributed by atoms with Crippen LogP contribution in [0.5, 0.6) is 0 Å². The fourth-order valence-corrected chi connectivity index (χ4v) is 2.04. The number of carboxylic acids is 1. The van der Waals surface area contributed by atoms with Crippen LogP contribution in [-0.4, -0.2) is 11.1 Å². The van der Waals surface area contributed by atoms with Crippen molar-refractivity contribution in [1.29, 1.82) is 0 Å². The van der Waals surface area contributed by atoms with Crippen molar-refractivity contribution >= 4 is 45.1 Å². The van der Waals surface area contributed by atoms with Crippen LogP contribution in [0.4, 0.5) is 0 Å². The third-order valence-corrected chi connectivity index (χ3v) is 3.01. The summed E-state index contributed by atoms with van der Waals surface area (Å²) in [6.07, 6.45) is -0.153. The lowest BCUT2D eigenvalue weighted by molar-refractivity contribution is -0.136. The van der Waals surface area contributed by atoms with Crippen molar-refractivity contribution < 1.29 is 9.90 Å². The molecule has 0 spiro atoms. The Hall–Kier alpha value is -0.250. The van der Waals surface area contributed by atoms with Gasteiger partial charge in [0.15, 0.2) is 0 Å². The van der Waals surface area contributed by atoms with Crippen molar-refractivity contribution in [3.05, 3.63) is 33.3 Å². The Kier molecular flexibility index (Phi) is 4.23. The Balaban J connectivity index is 3.11. The van der Waals surface area contributed by atoms with Crippen LogP contribution in [0, 0.1) is 0 Å². The maximum atomic E-state index is 10.5. The summed E-state index contributed by atoms with van der Waals surface area (Å²) in [5.74, 6) is -0.944. The van der Waals surface area contributed by atoms with Gasteiger partial charge in [-0.25, -0.2) is 0 Å². The third kappa shape index (κ3) is 2.87. The van der Waals surface area contributed by atoms with Gasteiger partial charge in [-0.15, -0.1) is 0 Å². The van der Waals surface area contributed by atoms with Crippen molar-refractivity contribution in [3.63, 3.8) is 0 Å². The summed E-state index contributed by atoms with van der Waals surface area (Å²) < 4.78 is 0. The van der Waals surface area contributed by atoms with E-state index in [0.717, 1.165) is 5.56 Å².